The molecule has 1 aliphatic rings. The maximum atomic E-state index is 12.0. The van der Waals surface area contributed by atoms with Crippen LogP contribution in [0.2, 0.25) is 0 Å². The van der Waals surface area contributed by atoms with Crippen molar-refractivity contribution in [2.75, 3.05) is 13.7 Å². The topological polar surface area (TPSA) is 52.6 Å². The molecule has 0 saturated heterocycles. The van der Waals surface area contributed by atoms with E-state index in [0.717, 1.165) is 25.7 Å². The molecule has 0 N–H and O–H groups in total. The second-order valence-electron chi connectivity index (χ2n) is 4.13. The van der Waals surface area contributed by atoms with Crippen molar-refractivity contribution in [1.29, 1.82) is 0 Å². The van der Waals surface area contributed by atoms with E-state index in [-0.39, 0.29) is 24.6 Å². The molecule has 0 unspecified atom stereocenters. The second-order valence-corrected chi connectivity index (χ2v) is 4.13. The van der Waals surface area contributed by atoms with Gasteiger partial charge in [-0.2, -0.15) is 0 Å². The van der Waals surface area contributed by atoms with Crippen LogP contribution in [0.1, 0.15) is 45.4 Å². The van der Waals surface area contributed by atoms with Gasteiger partial charge in [-0.05, 0) is 32.6 Å². The van der Waals surface area contributed by atoms with Crippen LogP contribution < -0.4 is 0 Å². The highest BCUT2D eigenvalue weighted by Gasteiger charge is 2.40. The van der Waals surface area contributed by atoms with Gasteiger partial charge in [0, 0.05) is 13.5 Å². The van der Waals surface area contributed by atoms with Crippen molar-refractivity contribution >= 4 is 11.8 Å². The van der Waals surface area contributed by atoms with Gasteiger partial charge in [0.25, 0.3) is 0 Å². The molecule has 1 aliphatic carbocycles. The summed E-state index contributed by atoms with van der Waals surface area (Å²) in [6, 6.07) is 0. The minimum absolute atomic E-state index is 0.0422. The molecule has 4 nitrogen and oxygen atoms in total. The predicted octanol–water partition coefficient (Wildman–Crippen LogP) is 1.86. The first-order valence-corrected chi connectivity index (χ1v) is 5.88. The van der Waals surface area contributed by atoms with Gasteiger partial charge < -0.3 is 9.47 Å². The molecule has 1 fully saturated rings. The van der Waals surface area contributed by atoms with Crippen LogP contribution in [0.25, 0.3) is 0 Å². The van der Waals surface area contributed by atoms with Gasteiger partial charge in [-0.15, -0.1) is 0 Å². The van der Waals surface area contributed by atoms with Crippen LogP contribution in [0.4, 0.5) is 0 Å². The predicted molar refractivity (Wildman–Crippen MR) is 59.1 cm³/mol. The fourth-order valence-corrected chi connectivity index (χ4v) is 2.22. The van der Waals surface area contributed by atoms with Gasteiger partial charge in [0.1, 0.15) is 5.60 Å². The van der Waals surface area contributed by atoms with E-state index < -0.39 is 5.60 Å². The normalized spacial score (nSPS) is 18.4. The van der Waals surface area contributed by atoms with E-state index in [1.54, 1.807) is 14.0 Å². The monoisotopic (exact) mass is 228 g/mol. The summed E-state index contributed by atoms with van der Waals surface area (Å²) in [5, 5.41) is 0. The van der Waals surface area contributed by atoms with Crippen molar-refractivity contribution in [2.24, 2.45) is 0 Å². The van der Waals surface area contributed by atoms with E-state index in [4.69, 9.17) is 9.47 Å². The van der Waals surface area contributed by atoms with E-state index in [1.807, 2.05) is 0 Å². The zero-order valence-corrected chi connectivity index (χ0v) is 10.1. The van der Waals surface area contributed by atoms with Crippen molar-refractivity contribution in [1.82, 2.24) is 0 Å². The summed E-state index contributed by atoms with van der Waals surface area (Å²) in [5.41, 5.74) is -0.619. The summed E-state index contributed by atoms with van der Waals surface area (Å²) in [4.78, 5) is 23.1. The van der Waals surface area contributed by atoms with Crippen LogP contribution in [0, 0.1) is 0 Å². The highest BCUT2D eigenvalue weighted by atomic mass is 16.5. The highest BCUT2D eigenvalue weighted by molar-refractivity contribution is 5.90. The van der Waals surface area contributed by atoms with E-state index in [2.05, 4.69) is 0 Å². The van der Waals surface area contributed by atoms with Crippen molar-refractivity contribution in [3.05, 3.63) is 0 Å². The molecule has 92 valence electrons. The SMILES string of the molecule is CCOC(=O)CCC(=O)C1(OC)CCCC1. The van der Waals surface area contributed by atoms with Crippen LogP contribution in [-0.2, 0) is 19.1 Å². The number of Topliss-reactive ketones (excluding diaryl/α,β-unsaturated/α-hetero) is 1. The summed E-state index contributed by atoms with van der Waals surface area (Å²) in [6.45, 7) is 2.12. The molecule has 0 aromatic carbocycles. The molecule has 0 aromatic rings. The molecular formula is C12H20O4. The Bertz CT molecular complexity index is 254. The third-order valence-electron chi connectivity index (χ3n) is 3.17. The summed E-state index contributed by atoms with van der Waals surface area (Å²) >= 11 is 0. The average Bonchev–Trinajstić information content (AvgIpc) is 2.76. The van der Waals surface area contributed by atoms with Crippen molar-refractivity contribution in [3.8, 4) is 0 Å². The first-order valence-electron chi connectivity index (χ1n) is 5.88. The third-order valence-corrected chi connectivity index (χ3v) is 3.17. The number of carbonyl (C=O) groups excluding carboxylic acids is 2. The number of esters is 1. The van der Waals surface area contributed by atoms with E-state index in [0.29, 0.717) is 6.61 Å². The maximum absolute atomic E-state index is 12.0. The zero-order valence-electron chi connectivity index (χ0n) is 10.1. The Morgan fingerprint density at radius 2 is 1.81 bits per heavy atom. The highest BCUT2D eigenvalue weighted by Crippen LogP contribution is 2.34. The molecule has 0 radical (unpaired) electrons. The number of ether oxygens (including phenoxy) is 2. The maximum Gasteiger partial charge on any atom is 0.306 e. The van der Waals surface area contributed by atoms with Gasteiger partial charge in [0.15, 0.2) is 5.78 Å². The standard InChI is InChI=1S/C12H20O4/c1-3-16-11(14)7-6-10(13)12(15-2)8-4-5-9-12/h3-9H2,1-2H3. The fraction of sp³-hybridized carbons (Fsp3) is 0.833. The van der Waals surface area contributed by atoms with Gasteiger partial charge in [-0.3, -0.25) is 9.59 Å². The van der Waals surface area contributed by atoms with Crippen molar-refractivity contribution in [3.63, 3.8) is 0 Å². The minimum Gasteiger partial charge on any atom is -0.466 e. The molecule has 4 heteroatoms. The number of carbonyl (C=O) groups is 2. The average molecular weight is 228 g/mol. The number of methoxy groups -OCH3 is 1. The van der Waals surface area contributed by atoms with Gasteiger partial charge in [0.05, 0.1) is 13.0 Å². The summed E-state index contributed by atoms with van der Waals surface area (Å²) in [5.74, 6) is -0.263. The lowest BCUT2D eigenvalue weighted by atomic mass is 9.93. The van der Waals surface area contributed by atoms with Crippen molar-refractivity contribution < 1.29 is 19.1 Å². The van der Waals surface area contributed by atoms with Crippen molar-refractivity contribution in [2.45, 2.75) is 51.0 Å². The zero-order chi connectivity index (χ0) is 12.0. The first kappa shape index (κ1) is 13.2. The quantitative estimate of drug-likeness (QED) is 0.651. The second kappa shape index (κ2) is 5.99. The molecule has 0 spiro atoms. The molecule has 16 heavy (non-hydrogen) atoms. The Labute approximate surface area is 96.3 Å². The lowest BCUT2D eigenvalue weighted by Crippen LogP contribution is -2.37. The molecule has 0 amide bonds. The third kappa shape index (κ3) is 3.04. The summed E-state index contributed by atoms with van der Waals surface area (Å²) in [7, 11) is 1.58. The molecule has 1 rings (SSSR count). The van der Waals surface area contributed by atoms with Crippen LogP contribution in [0.3, 0.4) is 0 Å². The van der Waals surface area contributed by atoms with Gasteiger partial charge in [-0.1, -0.05) is 0 Å². The van der Waals surface area contributed by atoms with E-state index >= 15 is 0 Å². The lowest BCUT2D eigenvalue weighted by Gasteiger charge is -2.25. The summed E-state index contributed by atoms with van der Waals surface area (Å²) in [6.07, 6.45) is 4.01. The number of rotatable bonds is 6. The Hall–Kier alpha value is -0.900. The molecule has 0 bridgehead atoms. The van der Waals surface area contributed by atoms with E-state index in [1.165, 1.54) is 0 Å². The first-order chi connectivity index (χ1) is 7.64. The number of ketones is 1. The molecule has 0 aliphatic heterocycles. The molecule has 0 heterocycles. The van der Waals surface area contributed by atoms with Crippen LogP contribution in [0.5, 0.6) is 0 Å². The largest absolute Gasteiger partial charge is 0.466 e. The molecule has 0 atom stereocenters. The van der Waals surface area contributed by atoms with Crippen LogP contribution in [0.15, 0.2) is 0 Å². The Kier molecular flexibility index (Phi) is 4.93. The Morgan fingerprint density at radius 3 is 2.31 bits per heavy atom. The van der Waals surface area contributed by atoms with Crippen LogP contribution in [-0.4, -0.2) is 31.1 Å². The minimum atomic E-state index is -0.619. The van der Waals surface area contributed by atoms with Gasteiger partial charge in [-0.25, -0.2) is 0 Å². The van der Waals surface area contributed by atoms with E-state index in [9.17, 15) is 9.59 Å². The molecule has 1 saturated carbocycles. The number of hydrogen-bond acceptors (Lipinski definition) is 4. The fourth-order valence-electron chi connectivity index (χ4n) is 2.22. The smallest absolute Gasteiger partial charge is 0.306 e. The van der Waals surface area contributed by atoms with Crippen LogP contribution >= 0.6 is 0 Å². The van der Waals surface area contributed by atoms with Gasteiger partial charge in [0.2, 0.25) is 0 Å². The summed E-state index contributed by atoms with van der Waals surface area (Å²) < 4.78 is 10.1. The lowest BCUT2D eigenvalue weighted by molar-refractivity contribution is -0.148. The molecule has 0 aromatic heterocycles. The number of hydrogen-bond donors (Lipinski definition) is 0. The van der Waals surface area contributed by atoms with Gasteiger partial charge >= 0.3 is 5.97 Å². The Balaban J connectivity index is 2.41. The molecular weight excluding hydrogens is 208 g/mol. The Morgan fingerprint density at radius 1 is 1.19 bits per heavy atom.